The number of likely N-dealkylation sites (N-methyl/N-ethyl adjacent to an activating group) is 1. The van der Waals surface area contributed by atoms with E-state index in [4.69, 9.17) is 0 Å². The summed E-state index contributed by atoms with van der Waals surface area (Å²) in [6, 6.07) is 7.74. The third kappa shape index (κ3) is 2.65. The van der Waals surface area contributed by atoms with E-state index in [1.807, 2.05) is 0 Å². The summed E-state index contributed by atoms with van der Waals surface area (Å²) in [5, 5.41) is 3.55. The van der Waals surface area contributed by atoms with Crippen LogP contribution in [0.15, 0.2) is 18.2 Å². The molecule has 0 aromatic heterocycles. The van der Waals surface area contributed by atoms with Crippen molar-refractivity contribution < 1.29 is 0 Å². The Kier molecular flexibility index (Phi) is 4.00. The zero-order valence-electron chi connectivity index (χ0n) is 10.6. The molecule has 1 N–H and O–H groups in total. The summed E-state index contributed by atoms with van der Waals surface area (Å²) in [4.78, 5) is 0. The Balaban J connectivity index is 2.04. The van der Waals surface area contributed by atoms with Gasteiger partial charge in [0.1, 0.15) is 0 Å². The molecule has 88 valence electrons. The van der Waals surface area contributed by atoms with E-state index in [1.54, 1.807) is 11.1 Å². The molecule has 0 saturated heterocycles. The summed E-state index contributed by atoms with van der Waals surface area (Å²) < 4.78 is 0. The van der Waals surface area contributed by atoms with Gasteiger partial charge in [0.15, 0.2) is 0 Å². The van der Waals surface area contributed by atoms with Gasteiger partial charge in [0, 0.05) is 6.04 Å². The Labute approximate surface area is 99.3 Å². The number of rotatable bonds is 5. The Bertz CT molecular complexity index is 343. The van der Waals surface area contributed by atoms with Crippen LogP contribution >= 0.6 is 0 Å². The predicted octanol–water partition coefficient (Wildman–Crippen LogP) is 3.11. The van der Waals surface area contributed by atoms with E-state index >= 15 is 0 Å². The number of nitrogens with one attached hydrogen (secondary N) is 1. The summed E-state index contributed by atoms with van der Waals surface area (Å²) in [5.41, 5.74) is 4.69. The molecular weight excluding hydrogens is 194 g/mol. The van der Waals surface area contributed by atoms with Crippen LogP contribution in [-0.4, -0.2) is 12.6 Å². The molecule has 1 aromatic carbocycles. The lowest BCUT2D eigenvalue weighted by Crippen LogP contribution is -2.30. The van der Waals surface area contributed by atoms with E-state index in [2.05, 4.69) is 37.4 Å². The molecule has 0 fully saturated rings. The van der Waals surface area contributed by atoms with Crippen molar-refractivity contribution in [1.82, 2.24) is 5.32 Å². The normalized spacial score (nSPS) is 16.1. The fourth-order valence-corrected chi connectivity index (χ4v) is 2.69. The minimum atomic E-state index is 0.643. The second-order valence-corrected chi connectivity index (χ2v) is 4.82. The number of hydrogen-bond acceptors (Lipinski definition) is 1. The first kappa shape index (κ1) is 11.7. The predicted molar refractivity (Wildman–Crippen MR) is 69.9 cm³/mol. The first-order valence-corrected chi connectivity index (χ1v) is 6.67. The van der Waals surface area contributed by atoms with Crippen LogP contribution in [0, 0.1) is 0 Å². The van der Waals surface area contributed by atoms with Gasteiger partial charge in [-0.15, -0.1) is 0 Å². The first-order valence-electron chi connectivity index (χ1n) is 6.67. The molecule has 1 unspecified atom stereocenters. The fraction of sp³-hybridized carbons (Fsp3) is 0.600. The SMILES string of the molecule is CCNC(CC)Cc1ccc2c(c1)CCC2. The molecule has 1 aliphatic carbocycles. The third-order valence-corrected chi connectivity index (χ3v) is 3.63. The van der Waals surface area contributed by atoms with Crippen LogP contribution in [0.1, 0.15) is 43.4 Å². The maximum atomic E-state index is 3.55. The largest absolute Gasteiger partial charge is 0.314 e. The molecule has 0 amide bonds. The van der Waals surface area contributed by atoms with Gasteiger partial charge in [0.2, 0.25) is 0 Å². The zero-order chi connectivity index (χ0) is 11.4. The Morgan fingerprint density at radius 2 is 2.00 bits per heavy atom. The van der Waals surface area contributed by atoms with Gasteiger partial charge in [-0.2, -0.15) is 0 Å². The first-order chi connectivity index (χ1) is 7.83. The molecule has 0 radical (unpaired) electrons. The minimum absolute atomic E-state index is 0.643. The smallest absolute Gasteiger partial charge is 0.0105 e. The van der Waals surface area contributed by atoms with Crippen LogP contribution < -0.4 is 5.32 Å². The lowest BCUT2D eigenvalue weighted by molar-refractivity contribution is 0.510. The maximum absolute atomic E-state index is 3.55. The highest BCUT2D eigenvalue weighted by Gasteiger charge is 2.12. The second kappa shape index (κ2) is 5.49. The van der Waals surface area contributed by atoms with Gasteiger partial charge < -0.3 is 5.32 Å². The summed E-state index contributed by atoms with van der Waals surface area (Å²) >= 11 is 0. The molecule has 16 heavy (non-hydrogen) atoms. The average molecular weight is 217 g/mol. The van der Waals surface area contributed by atoms with E-state index in [1.165, 1.54) is 37.7 Å². The summed E-state index contributed by atoms with van der Waals surface area (Å²) in [6.07, 6.45) is 6.33. The molecule has 0 bridgehead atoms. The number of aryl methyl sites for hydroxylation is 2. The van der Waals surface area contributed by atoms with Gasteiger partial charge in [-0.1, -0.05) is 32.0 Å². The van der Waals surface area contributed by atoms with Crippen LogP contribution in [0.2, 0.25) is 0 Å². The molecule has 1 aromatic rings. The van der Waals surface area contributed by atoms with Crippen molar-refractivity contribution >= 4 is 0 Å². The molecule has 2 rings (SSSR count). The van der Waals surface area contributed by atoms with Crippen molar-refractivity contribution in [2.75, 3.05) is 6.54 Å². The van der Waals surface area contributed by atoms with Crippen LogP contribution in [0.5, 0.6) is 0 Å². The lowest BCUT2D eigenvalue weighted by atomic mass is 10.00. The van der Waals surface area contributed by atoms with Crippen molar-refractivity contribution in [2.24, 2.45) is 0 Å². The Morgan fingerprint density at radius 3 is 2.75 bits per heavy atom. The molecule has 0 aliphatic heterocycles. The van der Waals surface area contributed by atoms with Crippen LogP contribution in [0.4, 0.5) is 0 Å². The molecule has 1 aliphatic rings. The zero-order valence-corrected chi connectivity index (χ0v) is 10.6. The van der Waals surface area contributed by atoms with Crippen molar-refractivity contribution in [3.05, 3.63) is 34.9 Å². The molecule has 1 nitrogen and oxygen atoms in total. The van der Waals surface area contributed by atoms with Gasteiger partial charge in [-0.25, -0.2) is 0 Å². The molecular formula is C15H23N. The number of fused-ring (bicyclic) bond motifs is 1. The van der Waals surface area contributed by atoms with Gasteiger partial charge in [-0.05, 0) is 55.3 Å². The van der Waals surface area contributed by atoms with Gasteiger partial charge in [0.25, 0.3) is 0 Å². The standard InChI is InChI=1S/C15H23N/c1-3-15(16-4-2)11-12-8-9-13-6-5-7-14(13)10-12/h8-10,15-16H,3-7,11H2,1-2H3. The molecule has 1 heteroatoms. The van der Waals surface area contributed by atoms with Crippen molar-refractivity contribution in [2.45, 2.75) is 52.0 Å². The van der Waals surface area contributed by atoms with E-state index in [9.17, 15) is 0 Å². The maximum Gasteiger partial charge on any atom is 0.0105 e. The molecule has 1 atom stereocenters. The van der Waals surface area contributed by atoms with Crippen LogP contribution in [-0.2, 0) is 19.3 Å². The molecule has 0 heterocycles. The highest BCUT2D eigenvalue weighted by molar-refractivity contribution is 5.35. The molecule has 0 spiro atoms. The van der Waals surface area contributed by atoms with Gasteiger partial charge in [-0.3, -0.25) is 0 Å². The van der Waals surface area contributed by atoms with Crippen LogP contribution in [0.25, 0.3) is 0 Å². The Hall–Kier alpha value is -0.820. The van der Waals surface area contributed by atoms with Gasteiger partial charge >= 0.3 is 0 Å². The van der Waals surface area contributed by atoms with Gasteiger partial charge in [0.05, 0.1) is 0 Å². The number of benzene rings is 1. The minimum Gasteiger partial charge on any atom is -0.314 e. The highest BCUT2D eigenvalue weighted by Crippen LogP contribution is 2.23. The summed E-state index contributed by atoms with van der Waals surface area (Å²) in [5.74, 6) is 0. The molecule has 0 saturated carbocycles. The quantitative estimate of drug-likeness (QED) is 0.799. The summed E-state index contributed by atoms with van der Waals surface area (Å²) in [7, 11) is 0. The van der Waals surface area contributed by atoms with E-state index < -0.39 is 0 Å². The van der Waals surface area contributed by atoms with Crippen molar-refractivity contribution in [1.29, 1.82) is 0 Å². The van der Waals surface area contributed by atoms with E-state index in [0.717, 1.165) is 6.54 Å². The highest BCUT2D eigenvalue weighted by atomic mass is 14.9. The van der Waals surface area contributed by atoms with Crippen LogP contribution in [0.3, 0.4) is 0 Å². The monoisotopic (exact) mass is 217 g/mol. The van der Waals surface area contributed by atoms with E-state index in [-0.39, 0.29) is 0 Å². The third-order valence-electron chi connectivity index (χ3n) is 3.63. The average Bonchev–Trinajstić information content (AvgIpc) is 2.75. The van der Waals surface area contributed by atoms with Crippen molar-refractivity contribution in [3.63, 3.8) is 0 Å². The lowest BCUT2D eigenvalue weighted by Gasteiger charge is -2.16. The Morgan fingerprint density at radius 1 is 1.19 bits per heavy atom. The van der Waals surface area contributed by atoms with Crippen molar-refractivity contribution in [3.8, 4) is 0 Å². The topological polar surface area (TPSA) is 12.0 Å². The van der Waals surface area contributed by atoms with E-state index in [0.29, 0.717) is 6.04 Å². The summed E-state index contributed by atoms with van der Waals surface area (Å²) in [6.45, 7) is 5.52. The number of hydrogen-bond donors (Lipinski definition) is 1. The fourth-order valence-electron chi connectivity index (χ4n) is 2.69. The second-order valence-electron chi connectivity index (χ2n) is 4.82.